The van der Waals surface area contributed by atoms with Gasteiger partial charge >= 0.3 is 0 Å². The number of hydrogen-bond acceptors (Lipinski definition) is 3. The number of H-pyrrole nitrogens is 1. The molecule has 3 rings (SSSR count). The molecule has 3 N–H and O–H groups in total. The van der Waals surface area contributed by atoms with E-state index in [0.717, 1.165) is 11.4 Å². The number of amides is 1. The molecule has 2 atom stereocenters. The summed E-state index contributed by atoms with van der Waals surface area (Å²) in [5.41, 5.74) is 9.18. The molecule has 1 aliphatic rings. The van der Waals surface area contributed by atoms with Gasteiger partial charge in [-0.25, -0.2) is 0 Å². The second kappa shape index (κ2) is 6.94. The third kappa shape index (κ3) is 3.48. The van der Waals surface area contributed by atoms with Crippen molar-refractivity contribution in [3.63, 3.8) is 0 Å². The fourth-order valence-corrected chi connectivity index (χ4v) is 2.92. The van der Waals surface area contributed by atoms with Crippen molar-refractivity contribution in [2.24, 2.45) is 5.73 Å². The van der Waals surface area contributed by atoms with Crippen LogP contribution in [0.15, 0.2) is 36.4 Å². The second-order valence-corrected chi connectivity index (χ2v) is 5.70. The Balaban J connectivity index is 0.00000176. The highest BCUT2D eigenvalue weighted by Gasteiger charge is 2.33. The van der Waals surface area contributed by atoms with Crippen LogP contribution in [0.4, 0.5) is 0 Å². The number of likely N-dealkylation sites (tertiary alicyclic amines) is 1. The fraction of sp³-hybridized carbons (Fsp3) is 0.375. The van der Waals surface area contributed by atoms with Crippen LogP contribution < -0.4 is 5.73 Å². The van der Waals surface area contributed by atoms with Crippen LogP contribution in [0.2, 0.25) is 0 Å². The Bertz CT molecular complexity index is 628. The lowest BCUT2D eigenvalue weighted by Gasteiger charge is -2.16. The number of aromatic nitrogens is 2. The number of benzene rings is 1. The van der Waals surface area contributed by atoms with Crippen LogP contribution in [0.25, 0.3) is 0 Å². The topological polar surface area (TPSA) is 75.0 Å². The van der Waals surface area contributed by atoms with Gasteiger partial charge in [-0.15, -0.1) is 12.4 Å². The Labute approximate surface area is 136 Å². The van der Waals surface area contributed by atoms with Gasteiger partial charge in [-0.3, -0.25) is 9.89 Å². The number of rotatable bonds is 3. The molecule has 0 bridgehead atoms. The minimum absolute atomic E-state index is 0. The van der Waals surface area contributed by atoms with Crippen molar-refractivity contribution in [2.75, 3.05) is 13.1 Å². The zero-order valence-electron chi connectivity index (χ0n) is 12.5. The zero-order valence-corrected chi connectivity index (χ0v) is 13.3. The van der Waals surface area contributed by atoms with E-state index in [2.05, 4.69) is 22.3 Å². The van der Waals surface area contributed by atoms with Gasteiger partial charge in [0.1, 0.15) is 0 Å². The molecule has 118 valence electrons. The average molecular weight is 321 g/mol. The number of halogens is 1. The Hall–Kier alpha value is -1.85. The number of nitrogens with zero attached hydrogens (tertiary/aromatic N) is 2. The highest BCUT2D eigenvalue weighted by atomic mass is 35.5. The number of nitrogens with one attached hydrogen (secondary N) is 1. The maximum atomic E-state index is 12.4. The summed E-state index contributed by atoms with van der Waals surface area (Å²) in [5.74, 6) is 0.312. The van der Waals surface area contributed by atoms with Crippen LogP contribution in [0, 0.1) is 6.92 Å². The zero-order chi connectivity index (χ0) is 14.8. The number of nitrogens with two attached hydrogens (primary N) is 1. The number of carbonyl (C=O) groups excluding carboxylic acids is 1. The fourth-order valence-electron chi connectivity index (χ4n) is 2.92. The minimum atomic E-state index is -0.00253. The first-order valence-electron chi connectivity index (χ1n) is 7.22. The van der Waals surface area contributed by atoms with Gasteiger partial charge in [-0.2, -0.15) is 5.10 Å². The van der Waals surface area contributed by atoms with Crippen molar-refractivity contribution in [1.82, 2.24) is 15.1 Å². The van der Waals surface area contributed by atoms with Gasteiger partial charge in [-0.05, 0) is 18.6 Å². The summed E-state index contributed by atoms with van der Waals surface area (Å²) >= 11 is 0. The van der Waals surface area contributed by atoms with Gasteiger partial charge in [0, 0.05) is 30.7 Å². The molecule has 0 unspecified atom stereocenters. The summed E-state index contributed by atoms with van der Waals surface area (Å²) < 4.78 is 0. The first kappa shape index (κ1) is 16.5. The molecule has 22 heavy (non-hydrogen) atoms. The van der Waals surface area contributed by atoms with E-state index in [9.17, 15) is 4.79 Å². The molecule has 1 aliphatic heterocycles. The summed E-state index contributed by atoms with van der Waals surface area (Å²) in [4.78, 5) is 14.2. The maximum absolute atomic E-state index is 12.4. The quantitative estimate of drug-likeness (QED) is 0.902. The molecule has 2 heterocycles. The largest absolute Gasteiger partial charge is 0.340 e. The Kier molecular flexibility index (Phi) is 5.21. The highest BCUT2D eigenvalue weighted by molar-refractivity contribution is 5.85. The lowest BCUT2D eigenvalue weighted by atomic mass is 9.95. The molecule has 0 aliphatic carbocycles. The summed E-state index contributed by atoms with van der Waals surface area (Å²) in [6.45, 7) is 3.23. The Morgan fingerprint density at radius 1 is 1.36 bits per heavy atom. The molecule has 1 fully saturated rings. The average Bonchev–Trinajstić information content (AvgIpc) is 3.06. The number of carbonyl (C=O) groups is 1. The predicted octanol–water partition coefficient (Wildman–Crippen LogP) is 1.64. The first-order chi connectivity index (χ1) is 10.1. The molecule has 0 saturated carbocycles. The third-order valence-electron chi connectivity index (χ3n) is 4.04. The van der Waals surface area contributed by atoms with Crippen molar-refractivity contribution in [3.05, 3.63) is 53.3 Å². The predicted molar refractivity (Wildman–Crippen MR) is 88.0 cm³/mol. The van der Waals surface area contributed by atoms with E-state index in [0.29, 0.717) is 19.5 Å². The van der Waals surface area contributed by atoms with Crippen LogP contribution in [-0.4, -0.2) is 40.1 Å². The van der Waals surface area contributed by atoms with Gasteiger partial charge < -0.3 is 10.6 Å². The molecule has 2 aromatic rings. The van der Waals surface area contributed by atoms with Gasteiger partial charge in [0.2, 0.25) is 5.91 Å². The van der Waals surface area contributed by atoms with Crippen LogP contribution in [0.1, 0.15) is 22.9 Å². The molecule has 0 spiro atoms. The molecule has 5 nitrogen and oxygen atoms in total. The lowest BCUT2D eigenvalue weighted by molar-refractivity contribution is -0.129. The SMILES string of the molecule is Cc1cc(CC(=O)N2C[C@@H](N)[C@H](c3ccccc3)C2)n[nH]1.Cl. The van der Waals surface area contributed by atoms with E-state index in [4.69, 9.17) is 5.73 Å². The minimum Gasteiger partial charge on any atom is -0.340 e. The lowest BCUT2D eigenvalue weighted by Crippen LogP contribution is -2.33. The van der Waals surface area contributed by atoms with Crippen molar-refractivity contribution in [1.29, 1.82) is 0 Å². The molecular weight excluding hydrogens is 300 g/mol. The van der Waals surface area contributed by atoms with Crippen molar-refractivity contribution in [3.8, 4) is 0 Å². The number of aryl methyl sites for hydroxylation is 1. The molecule has 1 saturated heterocycles. The molecule has 1 aromatic carbocycles. The van der Waals surface area contributed by atoms with Gasteiger partial charge in [0.15, 0.2) is 0 Å². The smallest absolute Gasteiger partial charge is 0.228 e. The normalized spacial score (nSPS) is 20.7. The maximum Gasteiger partial charge on any atom is 0.228 e. The van der Waals surface area contributed by atoms with Crippen LogP contribution in [0.5, 0.6) is 0 Å². The first-order valence-corrected chi connectivity index (χ1v) is 7.22. The van der Waals surface area contributed by atoms with Crippen LogP contribution >= 0.6 is 12.4 Å². The summed E-state index contributed by atoms with van der Waals surface area (Å²) in [5, 5.41) is 6.98. The Morgan fingerprint density at radius 3 is 2.73 bits per heavy atom. The van der Waals surface area contributed by atoms with Crippen molar-refractivity contribution >= 4 is 18.3 Å². The molecule has 1 amide bonds. The van der Waals surface area contributed by atoms with E-state index in [-0.39, 0.29) is 30.3 Å². The highest BCUT2D eigenvalue weighted by Crippen LogP contribution is 2.26. The molecule has 6 heteroatoms. The third-order valence-corrected chi connectivity index (χ3v) is 4.04. The standard InChI is InChI=1S/C16H20N4O.ClH/c1-11-7-13(19-18-11)8-16(21)20-9-14(15(17)10-20)12-5-3-2-4-6-12;/h2-7,14-15H,8-10,17H2,1H3,(H,18,19);1H/t14-,15+;/m0./s1. The number of hydrogen-bond donors (Lipinski definition) is 2. The summed E-state index contributed by atoms with van der Waals surface area (Å²) in [7, 11) is 0. The van der Waals surface area contributed by atoms with E-state index >= 15 is 0 Å². The number of aromatic amines is 1. The van der Waals surface area contributed by atoms with Crippen LogP contribution in [0.3, 0.4) is 0 Å². The summed E-state index contributed by atoms with van der Waals surface area (Å²) in [6, 6.07) is 12.1. The second-order valence-electron chi connectivity index (χ2n) is 5.70. The van der Waals surface area contributed by atoms with Gasteiger partial charge in [0.25, 0.3) is 0 Å². The van der Waals surface area contributed by atoms with Crippen LogP contribution in [-0.2, 0) is 11.2 Å². The van der Waals surface area contributed by atoms with Crippen molar-refractivity contribution in [2.45, 2.75) is 25.3 Å². The molecular formula is C16H21ClN4O. The van der Waals surface area contributed by atoms with Gasteiger partial charge in [-0.1, -0.05) is 30.3 Å². The van der Waals surface area contributed by atoms with E-state index in [1.807, 2.05) is 36.1 Å². The molecule has 1 aromatic heterocycles. The monoisotopic (exact) mass is 320 g/mol. The van der Waals surface area contributed by atoms with E-state index in [1.165, 1.54) is 5.56 Å². The van der Waals surface area contributed by atoms with E-state index < -0.39 is 0 Å². The van der Waals surface area contributed by atoms with E-state index in [1.54, 1.807) is 0 Å². The summed E-state index contributed by atoms with van der Waals surface area (Å²) in [6.07, 6.45) is 0.332. The Morgan fingerprint density at radius 2 is 2.09 bits per heavy atom. The molecule has 0 radical (unpaired) electrons. The van der Waals surface area contributed by atoms with Gasteiger partial charge in [0.05, 0.1) is 12.1 Å². The van der Waals surface area contributed by atoms with Crippen molar-refractivity contribution < 1.29 is 4.79 Å².